The van der Waals surface area contributed by atoms with Gasteiger partial charge in [-0.25, -0.2) is 18.4 Å². The Hall–Kier alpha value is -2.65. The summed E-state index contributed by atoms with van der Waals surface area (Å²) >= 11 is 0. The molecule has 0 bridgehead atoms. The van der Waals surface area contributed by atoms with Crippen molar-refractivity contribution in [3.63, 3.8) is 0 Å². The number of hydrogen-bond donors (Lipinski definition) is 0. The summed E-state index contributed by atoms with van der Waals surface area (Å²) in [5, 5.41) is 3.85. The fraction of sp³-hybridized carbons (Fsp3) is 0.429. The van der Waals surface area contributed by atoms with E-state index in [4.69, 9.17) is 9.51 Å². The Morgan fingerprint density at radius 1 is 1.10 bits per heavy atom. The van der Waals surface area contributed by atoms with Crippen LogP contribution in [-0.4, -0.2) is 39.4 Å². The van der Waals surface area contributed by atoms with Crippen LogP contribution in [0.4, 0.5) is 0 Å². The molecule has 158 valence electrons. The molecular weight excluding hydrogens is 402 g/mol. The Kier molecular flexibility index (Phi) is 5.42. The maximum Gasteiger partial charge on any atom is 0.249 e. The van der Waals surface area contributed by atoms with Gasteiger partial charge in [-0.1, -0.05) is 11.6 Å². The van der Waals surface area contributed by atoms with E-state index in [1.165, 1.54) is 0 Å². The number of piperidine rings is 1. The smallest absolute Gasteiger partial charge is 0.249 e. The lowest BCUT2D eigenvalue weighted by atomic mass is 9.94. The van der Waals surface area contributed by atoms with E-state index in [-0.39, 0.29) is 10.9 Å². The molecule has 0 radical (unpaired) electrons. The van der Waals surface area contributed by atoms with Gasteiger partial charge in [0.15, 0.2) is 5.76 Å². The molecule has 0 spiro atoms. The van der Waals surface area contributed by atoms with Crippen LogP contribution < -0.4 is 0 Å². The molecule has 1 atom stereocenters. The summed E-state index contributed by atoms with van der Waals surface area (Å²) in [6.07, 6.45) is 7.72. The van der Waals surface area contributed by atoms with Crippen LogP contribution >= 0.6 is 0 Å². The van der Waals surface area contributed by atoms with Gasteiger partial charge in [-0.2, -0.15) is 4.31 Å². The minimum absolute atomic E-state index is 0.154. The largest absolute Gasteiger partial charge is 0.360 e. The molecule has 4 rings (SSSR count). The van der Waals surface area contributed by atoms with Gasteiger partial charge < -0.3 is 4.52 Å². The first-order valence-electron chi connectivity index (χ1n) is 10.00. The summed E-state index contributed by atoms with van der Waals surface area (Å²) in [6.45, 7) is 7.51. The SMILES string of the molecule is Cc1ncc(-c2ccncc2C)c([C@@H]2CCCCN2S(=O)(=O)c2c(C)noc2C)n1. The molecule has 8 nitrogen and oxygen atoms in total. The molecule has 3 aromatic rings. The summed E-state index contributed by atoms with van der Waals surface area (Å²) in [5.74, 6) is 0.918. The van der Waals surface area contributed by atoms with Crippen molar-refractivity contribution in [2.75, 3.05) is 6.54 Å². The van der Waals surface area contributed by atoms with Crippen LogP contribution in [0, 0.1) is 27.7 Å². The highest BCUT2D eigenvalue weighted by molar-refractivity contribution is 7.89. The number of aryl methyl sites for hydroxylation is 4. The van der Waals surface area contributed by atoms with E-state index in [1.807, 2.05) is 19.9 Å². The van der Waals surface area contributed by atoms with Crippen molar-refractivity contribution in [1.29, 1.82) is 0 Å². The van der Waals surface area contributed by atoms with Crippen LogP contribution in [0.2, 0.25) is 0 Å². The van der Waals surface area contributed by atoms with E-state index in [0.717, 1.165) is 35.2 Å². The Balaban J connectivity index is 1.87. The average Bonchev–Trinajstić information content (AvgIpc) is 3.07. The zero-order chi connectivity index (χ0) is 21.5. The molecular formula is C21H25N5O3S. The molecule has 0 unspecified atom stereocenters. The lowest BCUT2D eigenvalue weighted by Gasteiger charge is -2.35. The van der Waals surface area contributed by atoms with Crippen LogP contribution in [0.3, 0.4) is 0 Å². The average molecular weight is 428 g/mol. The standard InChI is InChI=1S/C21H25N5O3S/c1-13-11-22-9-8-17(13)18-12-23-16(4)24-20(18)19-7-5-6-10-26(19)30(27,28)21-14(2)25-29-15(21)3/h8-9,11-12,19H,5-7,10H2,1-4H3/t19-/m0/s1. The van der Waals surface area contributed by atoms with Crippen LogP contribution in [0.25, 0.3) is 11.1 Å². The van der Waals surface area contributed by atoms with Crippen molar-refractivity contribution in [2.45, 2.75) is 57.9 Å². The van der Waals surface area contributed by atoms with Gasteiger partial charge in [-0.3, -0.25) is 4.98 Å². The van der Waals surface area contributed by atoms with Gasteiger partial charge in [0.05, 0.1) is 11.7 Å². The summed E-state index contributed by atoms with van der Waals surface area (Å²) in [5.41, 5.74) is 3.89. The van der Waals surface area contributed by atoms with Gasteiger partial charge >= 0.3 is 0 Å². The van der Waals surface area contributed by atoms with E-state index in [9.17, 15) is 8.42 Å². The van der Waals surface area contributed by atoms with Crippen molar-refractivity contribution in [3.8, 4) is 11.1 Å². The molecule has 0 N–H and O–H groups in total. The van der Waals surface area contributed by atoms with Gasteiger partial charge in [0, 0.05) is 30.7 Å². The molecule has 1 aliphatic heterocycles. The molecule has 0 amide bonds. The van der Waals surface area contributed by atoms with Gasteiger partial charge in [-0.05, 0) is 57.7 Å². The minimum atomic E-state index is -3.79. The summed E-state index contributed by atoms with van der Waals surface area (Å²) in [4.78, 5) is 13.4. The third-order valence-corrected chi connectivity index (χ3v) is 7.71. The van der Waals surface area contributed by atoms with Crippen molar-refractivity contribution in [1.82, 2.24) is 24.4 Å². The Bertz CT molecular complexity index is 1170. The number of rotatable bonds is 4. The van der Waals surface area contributed by atoms with E-state index < -0.39 is 10.0 Å². The van der Waals surface area contributed by atoms with E-state index in [0.29, 0.717) is 30.2 Å². The minimum Gasteiger partial charge on any atom is -0.360 e. The first kappa shape index (κ1) is 20.6. The van der Waals surface area contributed by atoms with Crippen LogP contribution in [0.5, 0.6) is 0 Å². The number of sulfonamides is 1. The maximum atomic E-state index is 13.6. The highest BCUT2D eigenvalue weighted by atomic mass is 32.2. The van der Waals surface area contributed by atoms with E-state index in [2.05, 4.69) is 15.1 Å². The number of nitrogens with zero attached hydrogens (tertiary/aromatic N) is 5. The first-order valence-corrected chi connectivity index (χ1v) is 11.4. The van der Waals surface area contributed by atoms with Crippen molar-refractivity contribution < 1.29 is 12.9 Å². The number of hydrogen-bond acceptors (Lipinski definition) is 7. The first-order chi connectivity index (χ1) is 14.3. The second kappa shape index (κ2) is 7.88. The monoisotopic (exact) mass is 427 g/mol. The van der Waals surface area contributed by atoms with Crippen LogP contribution in [0.1, 0.15) is 53.8 Å². The van der Waals surface area contributed by atoms with E-state index in [1.54, 1.807) is 36.7 Å². The van der Waals surface area contributed by atoms with Crippen LogP contribution in [0.15, 0.2) is 34.1 Å². The van der Waals surface area contributed by atoms with Gasteiger partial charge in [0.25, 0.3) is 0 Å². The quantitative estimate of drug-likeness (QED) is 0.626. The molecule has 30 heavy (non-hydrogen) atoms. The molecule has 0 aromatic carbocycles. The van der Waals surface area contributed by atoms with Crippen molar-refractivity contribution in [2.24, 2.45) is 0 Å². The second-order valence-corrected chi connectivity index (χ2v) is 9.51. The molecule has 1 aliphatic rings. The summed E-state index contributed by atoms with van der Waals surface area (Å²) < 4.78 is 34.0. The van der Waals surface area contributed by atoms with Gasteiger partial charge in [0.1, 0.15) is 16.4 Å². The third-order valence-electron chi connectivity index (χ3n) is 5.55. The fourth-order valence-electron chi connectivity index (χ4n) is 4.15. The van der Waals surface area contributed by atoms with E-state index >= 15 is 0 Å². The zero-order valence-corrected chi connectivity index (χ0v) is 18.4. The molecule has 3 aromatic heterocycles. The Morgan fingerprint density at radius 2 is 1.90 bits per heavy atom. The second-order valence-electron chi connectivity index (χ2n) is 7.69. The highest BCUT2D eigenvalue weighted by Crippen LogP contribution is 2.40. The predicted octanol–water partition coefficient (Wildman–Crippen LogP) is 3.68. The molecule has 9 heteroatoms. The molecule has 0 aliphatic carbocycles. The normalized spacial score (nSPS) is 17.9. The van der Waals surface area contributed by atoms with Crippen molar-refractivity contribution in [3.05, 3.63) is 53.2 Å². The Labute approximate surface area is 176 Å². The highest BCUT2D eigenvalue weighted by Gasteiger charge is 2.39. The lowest BCUT2D eigenvalue weighted by Crippen LogP contribution is -2.39. The van der Waals surface area contributed by atoms with Crippen LogP contribution in [-0.2, 0) is 10.0 Å². The molecule has 1 saturated heterocycles. The molecule has 0 saturated carbocycles. The number of pyridine rings is 1. The van der Waals surface area contributed by atoms with Gasteiger partial charge in [0.2, 0.25) is 10.0 Å². The summed E-state index contributed by atoms with van der Waals surface area (Å²) in [6, 6.07) is 1.53. The maximum absolute atomic E-state index is 13.6. The van der Waals surface area contributed by atoms with Gasteiger partial charge in [-0.15, -0.1) is 0 Å². The number of aromatic nitrogens is 4. The van der Waals surface area contributed by atoms with Crippen molar-refractivity contribution >= 4 is 10.0 Å². The zero-order valence-electron chi connectivity index (χ0n) is 17.6. The Morgan fingerprint density at radius 3 is 2.60 bits per heavy atom. The summed E-state index contributed by atoms with van der Waals surface area (Å²) in [7, 11) is -3.79. The fourth-order valence-corrected chi connectivity index (χ4v) is 6.11. The third kappa shape index (κ3) is 3.52. The lowest BCUT2D eigenvalue weighted by molar-refractivity contribution is 0.251. The molecule has 1 fully saturated rings. The topological polar surface area (TPSA) is 102 Å². The predicted molar refractivity (Wildman–Crippen MR) is 111 cm³/mol. The molecule has 4 heterocycles.